The zero-order valence-corrected chi connectivity index (χ0v) is 20.3. The molecule has 0 unspecified atom stereocenters. The molecule has 1 N–H and O–H groups in total. The van der Waals surface area contributed by atoms with E-state index in [1.54, 1.807) is 31.2 Å². The second-order valence-corrected chi connectivity index (χ2v) is 9.24. The van der Waals surface area contributed by atoms with E-state index >= 15 is 0 Å². The number of carbonyl (C=O) groups excluding carboxylic acids is 2. The quantitative estimate of drug-likeness (QED) is 0.402. The van der Waals surface area contributed by atoms with Gasteiger partial charge in [-0.05, 0) is 68.7 Å². The monoisotopic (exact) mass is 475 g/mol. The van der Waals surface area contributed by atoms with Crippen molar-refractivity contribution in [2.24, 2.45) is 0 Å². The standard InChI is InChI=1S/C26H25N3O4S/c1-5-33-26(32)18-8-10-20(11-9-18)28-21(30)13-29-14-27-24-23(25(29)31)22(17(4)34-24)19-7-6-15(2)16(3)12-19/h6-12,14H,5,13H2,1-4H3,(H,28,30). The molecule has 0 saturated heterocycles. The van der Waals surface area contributed by atoms with Crippen LogP contribution in [0, 0.1) is 20.8 Å². The average Bonchev–Trinajstić information content (AvgIpc) is 3.15. The lowest BCUT2D eigenvalue weighted by Crippen LogP contribution is -2.27. The Morgan fingerprint density at radius 3 is 2.47 bits per heavy atom. The second kappa shape index (κ2) is 9.61. The minimum Gasteiger partial charge on any atom is -0.462 e. The molecule has 4 aromatic rings. The predicted molar refractivity (Wildman–Crippen MR) is 135 cm³/mol. The first-order valence-corrected chi connectivity index (χ1v) is 11.7. The summed E-state index contributed by atoms with van der Waals surface area (Å²) >= 11 is 1.47. The number of anilines is 1. The minimum atomic E-state index is -0.420. The summed E-state index contributed by atoms with van der Waals surface area (Å²) < 4.78 is 6.28. The van der Waals surface area contributed by atoms with Crippen molar-refractivity contribution in [3.05, 3.63) is 80.7 Å². The molecule has 174 valence electrons. The normalized spacial score (nSPS) is 10.9. The fourth-order valence-electron chi connectivity index (χ4n) is 3.75. The Bertz CT molecular complexity index is 1450. The molecule has 0 aliphatic carbocycles. The Kier molecular flexibility index (Phi) is 6.61. The molecule has 1 amide bonds. The number of thiophene rings is 1. The number of nitrogens with one attached hydrogen (secondary N) is 1. The Morgan fingerprint density at radius 1 is 1.06 bits per heavy atom. The van der Waals surface area contributed by atoms with Gasteiger partial charge in [0.1, 0.15) is 11.4 Å². The summed E-state index contributed by atoms with van der Waals surface area (Å²) in [6.45, 7) is 7.93. The SMILES string of the molecule is CCOC(=O)c1ccc(NC(=O)Cn2cnc3sc(C)c(-c4ccc(C)c(C)c4)c3c2=O)cc1. The highest BCUT2D eigenvalue weighted by Gasteiger charge is 2.18. The summed E-state index contributed by atoms with van der Waals surface area (Å²) in [6, 6.07) is 12.5. The van der Waals surface area contributed by atoms with Gasteiger partial charge in [0.25, 0.3) is 5.56 Å². The highest BCUT2D eigenvalue weighted by molar-refractivity contribution is 7.19. The van der Waals surface area contributed by atoms with Gasteiger partial charge in [-0.1, -0.05) is 18.2 Å². The number of amides is 1. The van der Waals surface area contributed by atoms with Crippen LogP contribution in [-0.4, -0.2) is 28.0 Å². The van der Waals surface area contributed by atoms with Crippen LogP contribution in [0.4, 0.5) is 5.69 Å². The third-order valence-corrected chi connectivity index (χ3v) is 6.66. The summed E-state index contributed by atoms with van der Waals surface area (Å²) in [5, 5.41) is 3.28. The summed E-state index contributed by atoms with van der Waals surface area (Å²) in [5.41, 5.74) is 4.83. The third-order valence-electron chi connectivity index (χ3n) is 5.64. The van der Waals surface area contributed by atoms with E-state index < -0.39 is 5.97 Å². The molecule has 2 aromatic heterocycles. The molecule has 0 aliphatic heterocycles. The lowest BCUT2D eigenvalue weighted by molar-refractivity contribution is -0.116. The van der Waals surface area contributed by atoms with Gasteiger partial charge in [0, 0.05) is 16.1 Å². The predicted octanol–water partition coefficient (Wildman–Crippen LogP) is 4.87. The number of aryl methyl sites for hydroxylation is 3. The van der Waals surface area contributed by atoms with E-state index in [-0.39, 0.29) is 18.0 Å². The number of aromatic nitrogens is 2. The van der Waals surface area contributed by atoms with Crippen molar-refractivity contribution < 1.29 is 14.3 Å². The summed E-state index contributed by atoms with van der Waals surface area (Å²) in [4.78, 5) is 43.9. The molecule has 34 heavy (non-hydrogen) atoms. The van der Waals surface area contributed by atoms with Crippen LogP contribution in [-0.2, 0) is 16.1 Å². The first kappa shape index (κ1) is 23.4. The Balaban J connectivity index is 1.60. The largest absolute Gasteiger partial charge is 0.462 e. The van der Waals surface area contributed by atoms with Crippen LogP contribution in [0.15, 0.2) is 53.6 Å². The number of ether oxygens (including phenoxy) is 1. The summed E-state index contributed by atoms with van der Waals surface area (Å²) in [7, 11) is 0. The zero-order valence-electron chi connectivity index (χ0n) is 19.5. The third kappa shape index (κ3) is 4.63. The maximum absolute atomic E-state index is 13.4. The number of rotatable bonds is 6. The molecule has 0 bridgehead atoms. The molecular formula is C26H25N3O4S. The molecule has 0 saturated carbocycles. The van der Waals surface area contributed by atoms with Gasteiger partial charge in [-0.15, -0.1) is 11.3 Å². The van der Waals surface area contributed by atoms with Crippen LogP contribution < -0.4 is 10.9 Å². The molecule has 0 radical (unpaired) electrons. The number of nitrogens with zero attached hydrogens (tertiary/aromatic N) is 2. The molecule has 4 rings (SSSR count). The van der Waals surface area contributed by atoms with E-state index in [9.17, 15) is 14.4 Å². The number of hydrogen-bond acceptors (Lipinski definition) is 6. The first-order valence-electron chi connectivity index (χ1n) is 10.9. The van der Waals surface area contributed by atoms with Gasteiger partial charge in [-0.3, -0.25) is 14.2 Å². The van der Waals surface area contributed by atoms with Gasteiger partial charge in [0.2, 0.25) is 5.91 Å². The van der Waals surface area contributed by atoms with Crippen LogP contribution in [0.5, 0.6) is 0 Å². The minimum absolute atomic E-state index is 0.178. The highest BCUT2D eigenvalue weighted by atomic mass is 32.1. The Hall–Kier alpha value is -3.78. The first-order chi connectivity index (χ1) is 16.3. The summed E-state index contributed by atoms with van der Waals surface area (Å²) in [6.07, 6.45) is 1.41. The van der Waals surface area contributed by atoms with E-state index in [2.05, 4.69) is 23.3 Å². The van der Waals surface area contributed by atoms with Gasteiger partial charge in [-0.25, -0.2) is 9.78 Å². The topological polar surface area (TPSA) is 90.3 Å². The van der Waals surface area contributed by atoms with Crippen LogP contribution in [0.1, 0.15) is 33.3 Å². The van der Waals surface area contributed by atoms with Gasteiger partial charge in [0.15, 0.2) is 0 Å². The maximum atomic E-state index is 13.4. The summed E-state index contributed by atoms with van der Waals surface area (Å²) in [5.74, 6) is -0.788. The number of fused-ring (bicyclic) bond motifs is 1. The van der Waals surface area contributed by atoms with Gasteiger partial charge >= 0.3 is 5.97 Å². The highest BCUT2D eigenvalue weighted by Crippen LogP contribution is 2.36. The number of hydrogen-bond donors (Lipinski definition) is 1. The van der Waals surface area contributed by atoms with Gasteiger partial charge in [-0.2, -0.15) is 0 Å². The fraction of sp³-hybridized carbons (Fsp3) is 0.231. The lowest BCUT2D eigenvalue weighted by Gasteiger charge is -2.09. The average molecular weight is 476 g/mol. The number of esters is 1. The molecule has 7 nitrogen and oxygen atoms in total. The van der Waals surface area contributed by atoms with Crippen molar-refractivity contribution in [2.45, 2.75) is 34.2 Å². The van der Waals surface area contributed by atoms with E-state index in [1.165, 1.54) is 27.8 Å². The van der Waals surface area contributed by atoms with Crippen molar-refractivity contribution in [3.63, 3.8) is 0 Å². The Labute approximate surface area is 201 Å². The molecule has 0 spiro atoms. The molecule has 2 heterocycles. The molecule has 8 heteroatoms. The maximum Gasteiger partial charge on any atom is 0.338 e. The molecule has 0 aliphatic rings. The second-order valence-electron chi connectivity index (χ2n) is 8.04. The number of benzene rings is 2. The molecule has 0 atom stereocenters. The van der Waals surface area contributed by atoms with Crippen LogP contribution >= 0.6 is 11.3 Å². The van der Waals surface area contributed by atoms with Crippen molar-refractivity contribution in [1.82, 2.24) is 9.55 Å². The van der Waals surface area contributed by atoms with E-state index in [0.717, 1.165) is 21.6 Å². The molecule has 2 aromatic carbocycles. The van der Waals surface area contributed by atoms with Crippen molar-refractivity contribution in [1.29, 1.82) is 0 Å². The van der Waals surface area contributed by atoms with Crippen LogP contribution in [0.25, 0.3) is 21.3 Å². The Morgan fingerprint density at radius 2 is 1.79 bits per heavy atom. The zero-order chi connectivity index (χ0) is 24.4. The van der Waals surface area contributed by atoms with Crippen molar-refractivity contribution >= 4 is 39.1 Å². The smallest absolute Gasteiger partial charge is 0.338 e. The van der Waals surface area contributed by atoms with Crippen LogP contribution in [0.3, 0.4) is 0 Å². The fourth-order valence-corrected chi connectivity index (χ4v) is 4.76. The lowest BCUT2D eigenvalue weighted by atomic mass is 9.99. The van der Waals surface area contributed by atoms with E-state index in [1.807, 2.05) is 26.0 Å². The molecular weight excluding hydrogens is 450 g/mol. The van der Waals surface area contributed by atoms with E-state index in [0.29, 0.717) is 28.1 Å². The van der Waals surface area contributed by atoms with Crippen molar-refractivity contribution in [2.75, 3.05) is 11.9 Å². The van der Waals surface area contributed by atoms with E-state index in [4.69, 9.17) is 4.74 Å². The van der Waals surface area contributed by atoms with Gasteiger partial charge in [0.05, 0.1) is 23.9 Å². The van der Waals surface area contributed by atoms with Gasteiger partial charge < -0.3 is 10.1 Å². The van der Waals surface area contributed by atoms with Crippen LogP contribution in [0.2, 0.25) is 0 Å². The number of carbonyl (C=O) groups is 2. The molecule has 0 fully saturated rings. The van der Waals surface area contributed by atoms with Crippen molar-refractivity contribution in [3.8, 4) is 11.1 Å².